The lowest BCUT2D eigenvalue weighted by Gasteiger charge is -2.29. The number of aromatic nitrogens is 4. The van der Waals surface area contributed by atoms with Crippen molar-refractivity contribution in [2.45, 2.75) is 13.0 Å². The van der Waals surface area contributed by atoms with Gasteiger partial charge in [-0.3, -0.25) is 9.97 Å². The van der Waals surface area contributed by atoms with Crippen molar-refractivity contribution in [3.05, 3.63) is 72.5 Å². The van der Waals surface area contributed by atoms with E-state index in [2.05, 4.69) is 32.0 Å². The average molecular weight is 385 g/mol. The van der Waals surface area contributed by atoms with Crippen LogP contribution < -0.4 is 9.64 Å². The van der Waals surface area contributed by atoms with Crippen molar-refractivity contribution in [3.63, 3.8) is 0 Å². The fourth-order valence-electron chi connectivity index (χ4n) is 3.58. The number of methoxy groups -OCH3 is 1. The minimum Gasteiger partial charge on any atom is -0.497 e. The second kappa shape index (κ2) is 7.35. The fourth-order valence-corrected chi connectivity index (χ4v) is 3.58. The molecule has 7 nitrogen and oxygen atoms in total. The van der Waals surface area contributed by atoms with Crippen LogP contribution in [0.15, 0.2) is 65.8 Å². The van der Waals surface area contributed by atoms with Crippen LogP contribution in [0.1, 0.15) is 11.1 Å². The molecule has 0 atom stereocenters. The van der Waals surface area contributed by atoms with E-state index in [1.54, 1.807) is 38.2 Å². The zero-order valence-corrected chi connectivity index (χ0v) is 15.9. The summed E-state index contributed by atoms with van der Waals surface area (Å²) in [5, 5.41) is 0. The van der Waals surface area contributed by atoms with Crippen LogP contribution >= 0.6 is 0 Å². The Bertz CT molecular complexity index is 1130. The Morgan fingerprint density at radius 1 is 1.07 bits per heavy atom. The van der Waals surface area contributed by atoms with Gasteiger partial charge in [-0.25, -0.2) is 9.97 Å². The maximum Gasteiger partial charge on any atom is 0.226 e. The number of fused-ring (bicyclic) bond motifs is 1. The number of hydrogen-bond donors (Lipinski definition) is 0. The Kier molecular flexibility index (Phi) is 4.40. The van der Waals surface area contributed by atoms with E-state index < -0.39 is 0 Å². The maximum absolute atomic E-state index is 5.63. The third-order valence-electron chi connectivity index (χ3n) is 5.08. The molecule has 0 spiro atoms. The molecular formula is C22H19N5O2. The largest absolute Gasteiger partial charge is 0.497 e. The van der Waals surface area contributed by atoms with Crippen LogP contribution in [-0.2, 0) is 13.0 Å². The number of rotatable bonds is 4. The van der Waals surface area contributed by atoms with Crippen LogP contribution in [0.4, 0.5) is 5.95 Å². The number of benzene rings is 1. The monoisotopic (exact) mass is 385 g/mol. The molecule has 4 heterocycles. The Hall–Kier alpha value is -3.74. The van der Waals surface area contributed by atoms with Crippen LogP contribution in [0.5, 0.6) is 5.75 Å². The lowest BCUT2D eigenvalue weighted by atomic mass is 9.99. The van der Waals surface area contributed by atoms with Crippen LogP contribution in [0.3, 0.4) is 0 Å². The van der Waals surface area contributed by atoms with E-state index in [0.29, 0.717) is 23.1 Å². The quantitative estimate of drug-likeness (QED) is 0.529. The minimum absolute atomic E-state index is 0.672. The van der Waals surface area contributed by atoms with E-state index in [4.69, 9.17) is 14.1 Å². The normalized spacial score (nSPS) is 13.2. The van der Waals surface area contributed by atoms with Gasteiger partial charge in [-0.05, 0) is 41.8 Å². The van der Waals surface area contributed by atoms with Crippen molar-refractivity contribution in [2.24, 2.45) is 0 Å². The van der Waals surface area contributed by atoms with Crippen LogP contribution in [0, 0.1) is 0 Å². The van der Waals surface area contributed by atoms with E-state index in [1.165, 1.54) is 11.1 Å². The van der Waals surface area contributed by atoms with Gasteiger partial charge in [0.25, 0.3) is 0 Å². The highest BCUT2D eigenvalue weighted by Crippen LogP contribution is 2.32. The highest BCUT2D eigenvalue weighted by Gasteiger charge is 2.22. The topological polar surface area (TPSA) is 77.2 Å². The molecule has 144 valence electrons. The molecule has 0 saturated carbocycles. The first kappa shape index (κ1) is 17.4. The van der Waals surface area contributed by atoms with E-state index >= 15 is 0 Å². The summed E-state index contributed by atoms with van der Waals surface area (Å²) >= 11 is 0. The van der Waals surface area contributed by atoms with Crippen molar-refractivity contribution < 1.29 is 9.15 Å². The average Bonchev–Trinajstić information content (AvgIpc) is 3.33. The van der Waals surface area contributed by atoms with Gasteiger partial charge in [-0.15, -0.1) is 0 Å². The van der Waals surface area contributed by atoms with Crippen molar-refractivity contribution in [3.8, 4) is 28.5 Å². The standard InChI is InChI=1S/C22H19N5O2/c1-28-17-5-4-16-14-27(9-6-15(16)11-17)22-25-12-18(19-13-23-7-8-24-19)21(26-22)20-3-2-10-29-20/h2-5,7-8,10-13H,6,9,14H2,1H3. The summed E-state index contributed by atoms with van der Waals surface area (Å²) in [4.78, 5) is 20.2. The molecule has 1 aliphatic heterocycles. The molecule has 0 amide bonds. The molecule has 3 aromatic heterocycles. The van der Waals surface area contributed by atoms with Gasteiger partial charge in [0.05, 0.1) is 25.3 Å². The van der Waals surface area contributed by atoms with Gasteiger partial charge < -0.3 is 14.1 Å². The third-order valence-corrected chi connectivity index (χ3v) is 5.08. The van der Waals surface area contributed by atoms with Gasteiger partial charge in [0.15, 0.2) is 5.76 Å². The first-order chi connectivity index (χ1) is 14.3. The second-order valence-corrected chi connectivity index (χ2v) is 6.81. The maximum atomic E-state index is 5.63. The molecule has 0 fully saturated rings. The van der Waals surface area contributed by atoms with E-state index in [9.17, 15) is 0 Å². The van der Waals surface area contributed by atoms with E-state index in [0.717, 1.165) is 30.8 Å². The molecule has 1 aliphatic rings. The molecule has 5 rings (SSSR count). The fraction of sp³-hybridized carbons (Fsp3) is 0.182. The van der Waals surface area contributed by atoms with E-state index in [1.807, 2.05) is 18.2 Å². The molecule has 0 bridgehead atoms. The molecule has 0 radical (unpaired) electrons. The van der Waals surface area contributed by atoms with Crippen molar-refractivity contribution in [1.29, 1.82) is 0 Å². The highest BCUT2D eigenvalue weighted by molar-refractivity contribution is 5.76. The Morgan fingerprint density at radius 3 is 2.83 bits per heavy atom. The molecule has 7 heteroatoms. The lowest BCUT2D eigenvalue weighted by molar-refractivity contribution is 0.413. The van der Waals surface area contributed by atoms with Crippen molar-refractivity contribution in [2.75, 3.05) is 18.6 Å². The summed E-state index contributed by atoms with van der Waals surface area (Å²) in [6.45, 7) is 1.59. The van der Waals surface area contributed by atoms with Gasteiger partial charge in [-0.1, -0.05) is 6.07 Å². The number of furan rings is 1. The summed E-state index contributed by atoms with van der Waals surface area (Å²) in [6.07, 6.45) is 9.36. The lowest BCUT2D eigenvalue weighted by Crippen LogP contribution is -2.31. The zero-order valence-electron chi connectivity index (χ0n) is 15.9. The van der Waals surface area contributed by atoms with Gasteiger partial charge in [0.1, 0.15) is 11.4 Å². The van der Waals surface area contributed by atoms with Gasteiger partial charge >= 0.3 is 0 Å². The summed E-state index contributed by atoms with van der Waals surface area (Å²) in [7, 11) is 1.69. The van der Waals surface area contributed by atoms with Gasteiger partial charge in [-0.2, -0.15) is 0 Å². The first-order valence-corrected chi connectivity index (χ1v) is 9.40. The Morgan fingerprint density at radius 2 is 2.03 bits per heavy atom. The number of nitrogens with zero attached hydrogens (tertiary/aromatic N) is 5. The van der Waals surface area contributed by atoms with E-state index in [-0.39, 0.29) is 0 Å². The summed E-state index contributed by atoms with van der Waals surface area (Å²) in [5.41, 5.74) is 4.78. The zero-order chi connectivity index (χ0) is 19.6. The molecule has 0 saturated heterocycles. The Labute approximate surface area is 168 Å². The molecular weight excluding hydrogens is 366 g/mol. The summed E-state index contributed by atoms with van der Waals surface area (Å²) < 4.78 is 11.0. The molecule has 1 aromatic carbocycles. The second-order valence-electron chi connectivity index (χ2n) is 6.81. The molecule has 29 heavy (non-hydrogen) atoms. The van der Waals surface area contributed by atoms with Gasteiger partial charge in [0.2, 0.25) is 5.95 Å². The van der Waals surface area contributed by atoms with Crippen LogP contribution in [0.25, 0.3) is 22.7 Å². The smallest absolute Gasteiger partial charge is 0.226 e. The van der Waals surface area contributed by atoms with Crippen LogP contribution in [0.2, 0.25) is 0 Å². The predicted molar refractivity (Wildman–Crippen MR) is 109 cm³/mol. The highest BCUT2D eigenvalue weighted by atomic mass is 16.5. The molecule has 0 unspecified atom stereocenters. The summed E-state index contributed by atoms with van der Waals surface area (Å²) in [6, 6.07) is 9.96. The molecule has 0 aliphatic carbocycles. The third kappa shape index (κ3) is 3.31. The molecule has 4 aromatic rings. The number of hydrogen-bond acceptors (Lipinski definition) is 7. The predicted octanol–water partition coefficient (Wildman–Crippen LogP) is 3.76. The first-order valence-electron chi connectivity index (χ1n) is 9.40. The van der Waals surface area contributed by atoms with Crippen molar-refractivity contribution in [1.82, 2.24) is 19.9 Å². The minimum atomic E-state index is 0.672. The Balaban J connectivity index is 1.52. The SMILES string of the molecule is COc1ccc2c(c1)CCN(c1ncc(-c3cnccn3)c(-c3ccco3)n1)C2. The van der Waals surface area contributed by atoms with Crippen LogP contribution in [-0.4, -0.2) is 33.6 Å². The molecule has 0 N–H and O–H groups in total. The number of ether oxygens (including phenoxy) is 1. The van der Waals surface area contributed by atoms with Crippen molar-refractivity contribution >= 4 is 5.95 Å². The number of anilines is 1. The van der Waals surface area contributed by atoms with Gasteiger partial charge in [0, 0.05) is 37.2 Å². The summed E-state index contributed by atoms with van der Waals surface area (Å²) in [5.74, 6) is 2.24.